The maximum absolute atomic E-state index is 12.3. The number of aromatic amines is 1. The fraction of sp³-hybridized carbons (Fsp3) is 0.444. The van der Waals surface area contributed by atoms with Crippen molar-refractivity contribution in [3.63, 3.8) is 0 Å². The summed E-state index contributed by atoms with van der Waals surface area (Å²) in [6.45, 7) is 0.0264. The van der Waals surface area contributed by atoms with Crippen LogP contribution in [0.2, 0.25) is 0 Å². The Labute approximate surface area is 116 Å². The third kappa shape index (κ3) is 3.07. The number of nitrogens with one attached hydrogen (secondary N) is 1. The first-order valence-electron chi connectivity index (χ1n) is 5.68. The highest BCUT2D eigenvalue weighted by molar-refractivity contribution is 7.89. The second-order valence-electron chi connectivity index (χ2n) is 4.24. The van der Waals surface area contributed by atoms with Gasteiger partial charge in [-0.2, -0.15) is 17.0 Å². The fourth-order valence-corrected chi connectivity index (χ4v) is 3.93. The topological polar surface area (TPSA) is 134 Å². The molecule has 1 aromatic rings. The first-order chi connectivity index (χ1) is 9.21. The number of nitrogens with two attached hydrogens (primary N) is 1. The smallest absolute Gasteiger partial charge is 0.276 e. The van der Waals surface area contributed by atoms with Gasteiger partial charge in [0.25, 0.3) is 10.2 Å². The molecule has 1 fully saturated rings. The van der Waals surface area contributed by atoms with Crippen molar-refractivity contribution in [1.29, 1.82) is 0 Å². The summed E-state index contributed by atoms with van der Waals surface area (Å²) in [5.74, 6) is 0. The molecule has 1 saturated heterocycles. The SMILES string of the molecule is NS(=O)(=O)N1CCN(S(=O)(=O)c2ccc(=O)[nH]c2)CC1. The van der Waals surface area contributed by atoms with Gasteiger partial charge in [-0.15, -0.1) is 0 Å². The van der Waals surface area contributed by atoms with Crippen LogP contribution in [0.1, 0.15) is 0 Å². The zero-order chi connectivity index (χ0) is 15.0. The molecule has 0 saturated carbocycles. The molecule has 0 bridgehead atoms. The minimum Gasteiger partial charge on any atom is -0.328 e. The minimum atomic E-state index is -3.80. The van der Waals surface area contributed by atoms with Crippen LogP contribution < -0.4 is 10.7 Å². The molecule has 112 valence electrons. The Morgan fingerprint density at radius 2 is 1.55 bits per heavy atom. The number of sulfonamides is 1. The Morgan fingerprint density at radius 3 is 2.00 bits per heavy atom. The highest BCUT2D eigenvalue weighted by Gasteiger charge is 2.31. The van der Waals surface area contributed by atoms with E-state index in [9.17, 15) is 21.6 Å². The van der Waals surface area contributed by atoms with Crippen molar-refractivity contribution in [3.8, 4) is 0 Å². The zero-order valence-corrected chi connectivity index (χ0v) is 12.0. The molecule has 9 nitrogen and oxygen atoms in total. The molecule has 2 rings (SSSR count). The van der Waals surface area contributed by atoms with Gasteiger partial charge >= 0.3 is 0 Å². The summed E-state index contributed by atoms with van der Waals surface area (Å²) in [5, 5.41) is 4.98. The molecule has 1 aliphatic rings. The first-order valence-corrected chi connectivity index (χ1v) is 8.62. The van der Waals surface area contributed by atoms with Crippen molar-refractivity contribution < 1.29 is 16.8 Å². The third-order valence-corrected chi connectivity index (χ3v) is 5.93. The van der Waals surface area contributed by atoms with Crippen molar-refractivity contribution in [2.45, 2.75) is 4.90 Å². The Balaban J connectivity index is 2.17. The molecule has 0 aliphatic carbocycles. The van der Waals surface area contributed by atoms with Crippen LogP contribution in [0.5, 0.6) is 0 Å². The normalized spacial score (nSPS) is 19.1. The van der Waals surface area contributed by atoms with Crippen molar-refractivity contribution in [2.24, 2.45) is 5.14 Å². The van der Waals surface area contributed by atoms with E-state index in [2.05, 4.69) is 4.98 Å². The third-order valence-electron chi connectivity index (χ3n) is 2.95. The van der Waals surface area contributed by atoms with Gasteiger partial charge in [0.1, 0.15) is 0 Å². The Kier molecular flexibility index (Phi) is 3.97. The van der Waals surface area contributed by atoms with E-state index in [4.69, 9.17) is 5.14 Å². The standard InChI is InChI=1S/C9H14N4O5S2/c10-20(17,18)13-5-3-12(4-6-13)19(15,16)8-1-2-9(14)11-7-8/h1-2,7H,3-6H2,(H,11,14)(H2,10,17,18). The fourth-order valence-electron chi connectivity index (χ4n) is 1.87. The van der Waals surface area contributed by atoms with Gasteiger partial charge < -0.3 is 4.98 Å². The number of hydrogen-bond donors (Lipinski definition) is 2. The molecule has 0 radical (unpaired) electrons. The lowest BCUT2D eigenvalue weighted by Gasteiger charge is -2.32. The van der Waals surface area contributed by atoms with Gasteiger partial charge in [-0.25, -0.2) is 13.6 Å². The van der Waals surface area contributed by atoms with Gasteiger partial charge in [-0.3, -0.25) is 4.79 Å². The molecule has 1 aliphatic heterocycles. The molecule has 2 heterocycles. The number of aromatic nitrogens is 1. The van der Waals surface area contributed by atoms with E-state index in [0.29, 0.717) is 0 Å². The molecule has 0 atom stereocenters. The van der Waals surface area contributed by atoms with Crippen LogP contribution in [0.15, 0.2) is 28.0 Å². The predicted octanol–water partition coefficient (Wildman–Crippen LogP) is -2.12. The van der Waals surface area contributed by atoms with Gasteiger partial charge in [0, 0.05) is 38.4 Å². The molecular formula is C9H14N4O5S2. The maximum atomic E-state index is 12.3. The lowest BCUT2D eigenvalue weighted by molar-refractivity contribution is 0.273. The van der Waals surface area contributed by atoms with Crippen LogP contribution in [0, 0.1) is 0 Å². The van der Waals surface area contributed by atoms with E-state index in [0.717, 1.165) is 20.9 Å². The molecular weight excluding hydrogens is 308 g/mol. The van der Waals surface area contributed by atoms with Crippen LogP contribution in [0.3, 0.4) is 0 Å². The van der Waals surface area contributed by atoms with Gasteiger partial charge in [0.2, 0.25) is 15.6 Å². The molecule has 0 amide bonds. The second-order valence-corrected chi connectivity index (χ2v) is 7.72. The van der Waals surface area contributed by atoms with Gasteiger partial charge in [-0.1, -0.05) is 0 Å². The second kappa shape index (κ2) is 5.26. The predicted molar refractivity (Wildman–Crippen MR) is 70.5 cm³/mol. The monoisotopic (exact) mass is 322 g/mol. The molecule has 1 aromatic heterocycles. The quantitative estimate of drug-likeness (QED) is 0.656. The van der Waals surface area contributed by atoms with Crippen molar-refractivity contribution in [1.82, 2.24) is 13.6 Å². The van der Waals surface area contributed by atoms with Crippen LogP contribution in [-0.4, -0.2) is 56.6 Å². The van der Waals surface area contributed by atoms with E-state index in [-0.39, 0.29) is 31.1 Å². The number of piperazine rings is 1. The summed E-state index contributed by atoms with van der Waals surface area (Å²) in [7, 11) is -7.55. The average molecular weight is 322 g/mol. The maximum Gasteiger partial charge on any atom is 0.276 e. The molecule has 0 aromatic carbocycles. The summed E-state index contributed by atoms with van der Waals surface area (Å²) >= 11 is 0. The molecule has 3 N–H and O–H groups in total. The minimum absolute atomic E-state index is 0.00141. The number of H-pyrrole nitrogens is 1. The van der Waals surface area contributed by atoms with Crippen LogP contribution in [0.25, 0.3) is 0 Å². The summed E-state index contributed by atoms with van der Waals surface area (Å²) < 4.78 is 49.0. The molecule has 20 heavy (non-hydrogen) atoms. The van der Waals surface area contributed by atoms with E-state index < -0.39 is 25.8 Å². The summed E-state index contributed by atoms with van der Waals surface area (Å²) in [5.41, 5.74) is -0.400. The summed E-state index contributed by atoms with van der Waals surface area (Å²) in [6.07, 6.45) is 1.11. The highest BCUT2D eigenvalue weighted by Crippen LogP contribution is 2.16. The lowest BCUT2D eigenvalue weighted by atomic mass is 10.4. The number of rotatable bonds is 3. The number of hydrogen-bond acceptors (Lipinski definition) is 5. The zero-order valence-electron chi connectivity index (χ0n) is 10.4. The average Bonchev–Trinajstić information content (AvgIpc) is 2.38. The number of pyridine rings is 1. The molecule has 0 spiro atoms. The van der Waals surface area contributed by atoms with Gasteiger partial charge in [0.15, 0.2) is 0 Å². The molecule has 0 unspecified atom stereocenters. The Morgan fingerprint density at radius 1 is 1.00 bits per heavy atom. The van der Waals surface area contributed by atoms with Crippen LogP contribution in [-0.2, 0) is 20.2 Å². The Bertz CT molecular complexity index is 726. The van der Waals surface area contributed by atoms with Gasteiger partial charge in [0.05, 0.1) is 4.90 Å². The van der Waals surface area contributed by atoms with E-state index in [1.807, 2.05) is 0 Å². The lowest BCUT2D eigenvalue weighted by Crippen LogP contribution is -2.52. The largest absolute Gasteiger partial charge is 0.328 e. The van der Waals surface area contributed by atoms with E-state index >= 15 is 0 Å². The summed E-state index contributed by atoms with van der Waals surface area (Å²) in [6, 6.07) is 2.33. The highest BCUT2D eigenvalue weighted by atomic mass is 32.2. The van der Waals surface area contributed by atoms with Gasteiger partial charge in [-0.05, 0) is 6.07 Å². The number of nitrogens with zero attached hydrogens (tertiary/aromatic N) is 2. The Hall–Kier alpha value is -1.27. The van der Waals surface area contributed by atoms with Crippen LogP contribution >= 0.6 is 0 Å². The van der Waals surface area contributed by atoms with E-state index in [1.165, 1.54) is 6.07 Å². The van der Waals surface area contributed by atoms with Crippen molar-refractivity contribution in [2.75, 3.05) is 26.2 Å². The molecule has 11 heteroatoms. The van der Waals surface area contributed by atoms with Crippen molar-refractivity contribution >= 4 is 20.2 Å². The summed E-state index contributed by atoms with van der Waals surface area (Å²) in [4.78, 5) is 13.2. The van der Waals surface area contributed by atoms with E-state index in [1.54, 1.807) is 0 Å². The van der Waals surface area contributed by atoms with Crippen molar-refractivity contribution in [3.05, 3.63) is 28.7 Å². The first kappa shape index (κ1) is 15.1. The van der Waals surface area contributed by atoms with Crippen LogP contribution in [0.4, 0.5) is 0 Å².